The second kappa shape index (κ2) is 4.59. The first-order valence-corrected chi connectivity index (χ1v) is 7.19. The highest BCUT2D eigenvalue weighted by molar-refractivity contribution is 5.98. The minimum absolute atomic E-state index is 0.128. The lowest BCUT2D eigenvalue weighted by atomic mass is 10.1. The Bertz CT molecular complexity index is 898. The molecular weight excluding hydrogens is 278 g/mol. The zero-order valence-electron chi connectivity index (χ0n) is 12.3. The predicted molar refractivity (Wildman–Crippen MR) is 84.1 cm³/mol. The highest BCUT2D eigenvalue weighted by Gasteiger charge is 2.24. The maximum absolute atomic E-state index is 11.8. The van der Waals surface area contributed by atoms with Crippen molar-refractivity contribution >= 4 is 17.2 Å². The Morgan fingerprint density at radius 1 is 1.27 bits per heavy atom. The molecule has 0 bridgehead atoms. The zero-order chi connectivity index (χ0) is 15.3. The standard InChI is InChI=1S/C17H15N3O2/c1-10-16(19-15-5-3-4-8-20(10)15)12-6-7-14-13(9-12)18-17(21)11(2)22-14/h3-9,11H,1-2H3,(H,18,21). The quantitative estimate of drug-likeness (QED) is 0.750. The van der Waals surface area contributed by atoms with Gasteiger partial charge in [-0.3, -0.25) is 4.79 Å². The first-order chi connectivity index (χ1) is 10.6. The Hall–Kier alpha value is -2.82. The topological polar surface area (TPSA) is 55.6 Å². The van der Waals surface area contributed by atoms with E-state index in [9.17, 15) is 4.79 Å². The normalized spacial score (nSPS) is 17.0. The van der Waals surface area contributed by atoms with Crippen LogP contribution >= 0.6 is 0 Å². The molecule has 0 spiro atoms. The number of pyridine rings is 1. The van der Waals surface area contributed by atoms with E-state index in [0.29, 0.717) is 11.4 Å². The first kappa shape index (κ1) is 12.9. The number of rotatable bonds is 1. The van der Waals surface area contributed by atoms with Gasteiger partial charge in [0.1, 0.15) is 11.4 Å². The fourth-order valence-electron chi connectivity index (χ4n) is 2.75. The lowest BCUT2D eigenvalue weighted by molar-refractivity contribution is -0.122. The van der Waals surface area contributed by atoms with Gasteiger partial charge >= 0.3 is 0 Å². The van der Waals surface area contributed by atoms with E-state index in [-0.39, 0.29) is 5.91 Å². The number of hydrogen-bond donors (Lipinski definition) is 1. The molecule has 1 aliphatic heterocycles. The van der Waals surface area contributed by atoms with E-state index in [1.807, 2.05) is 53.9 Å². The number of carbonyl (C=O) groups excluding carboxylic acids is 1. The molecule has 3 aromatic rings. The molecule has 1 N–H and O–H groups in total. The number of amides is 1. The molecule has 1 aromatic carbocycles. The second-order valence-corrected chi connectivity index (χ2v) is 5.43. The van der Waals surface area contributed by atoms with Crippen molar-refractivity contribution in [3.8, 4) is 17.0 Å². The average molecular weight is 293 g/mol. The Balaban J connectivity index is 1.84. The lowest BCUT2D eigenvalue weighted by Crippen LogP contribution is -2.34. The van der Waals surface area contributed by atoms with Gasteiger partial charge in [-0.2, -0.15) is 0 Å². The van der Waals surface area contributed by atoms with E-state index in [1.165, 1.54) is 0 Å². The summed E-state index contributed by atoms with van der Waals surface area (Å²) in [6.07, 6.45) is 1.53. The van der Waals surface area contributed by atoms with Crippen LogP contribution in [0.1, 0.15) is 12.6 Å². The molecule has 0 fully saturated rings. The Morgan fingerprint density at radius 2 is 2.14 bits per heavy atom. The third-order valence-corrected chi connectivity index (χ3v) is 3.95. The molecule has 110 valence electrons. The minimum Gasteiger partial charge on any atom is -0.479 e. The summed E-state index contributed by atoms with van der Waals surface area (Å²) in [5.41, 5.74) is 4.52. The maximum atomic E-state index is 11.8. The molecule has 0 saturated carbocycles. The Kier molecular flexibility index (Phi) is 2.69. The summed E-state index contributed by atoms with van der Waals surface area (Å²) in [4.78, 5) is 16.4. The summed E-state index contributed by atoms with van der Waals surface area (Å²) in [7, 11) is 0. The lowest BCUT2D eigenvalue weighted by Gasteiger charge is -2.23. The van der Waals surface area contributed by atoms with Crippen LogP contribution in [0.25, 0.3) is 16.9 Å². The van der Waals surface area contributed by atoms with Gasteiger partial charge in [0, 0.05) is 17.5 Å². The number of carbonyl (C=O) groups is 1. The molecule has 2 aromatic heterocycles. The Labute approximate surface area is 127 Å². The molecule has 0 saturated heterocycles. The van der Waals surface area contributed by atoms with E-state index < -0.39 is 6.10 Å². The molecule has 1 atom stereocenters. The SMILES string of the molecule is Cc1c(-c2ccc3c(c2)NC(=O)C(C)O3)nc2ccccn12. The van der Waals surface area contributed by atoms with Crippen LogP contribution in [0.5, 0.6) is 5.75 Å². The summed E-state index contributed by atoms with van der Waals surface area (Å²) in [5.74, 6) is 0.564. The highest BCUT2D eigenvalue weighted by Crippen LogP contribution is 2.34. The van der Waals surface area contributed by atoms with Gasteiger partial charge in [-0.1, -0.05) is 6.07 Å². The van der Waals surface area contributed by atoms with Gasteiger partial charge in [0.25, 0.3) is 5.91 Å². The number of anilines is 1. The number of aryl methyl sites for hydroxylation is 1. The van der Waals surface area contributed by atoms with Crippen molar-refractivity contribution in [3.63, 3.8) is 0 Å². The van der Waals surface area contributed by atoms with E-state index in [0.717, 1.165) is 22.6 Å². The predicted octanol–water partition coefficient (Wildman–Crippen LogP) is 3.03. The van der Waals surface area contributed by atoms with E-state index >= 15 is 0 Å². The molecule has 0 radical (unpaired) electrons. The van der Waals surface area contributed by atoms with Gasteiger partial charge in [-0.05, 0) is 44.2 Å². The van der Waals surface area contributed by atoms with Gasteiger partial charge in [0.15, 0.2) is 6.10 Å². The number of benzene rings is 1. The summed E-state index contributed by atoms with van der Waals surface area (Å²) in [5, 5.41) is 2.87. The molecule has 3 heterocycles. The Morgan fingerprint density at radius 3 is 2.95 bits per heavy atom. The van der Waals surface area contributed by atoms with E-state index in [4.69, 9.17) is 4.74 Å². The molecule has 1 amide bonds. The van der Waals surface area contributed by atoms with Crippen LogP contribution in [-0.2, 0) is 4.79 Å². The number of imidazole rings is 1. The minimum atomic E-state index is -0.463. The highest BCUT2D eigenvalue weighted by atomic mass is 16.5. The average Bonchev–Trinajstić information content (AvgIpc) is 2.86. The molecule has 5 heteroatoms. The monoisotopic (exact) mass is 293 g/mol. The van der Waals surface area contributed by atoms with E-state index in [2.05, 4.69) is 10.3 Å². The summed E-state index contributed by atoms with van der Waals surface area (Å²) >= 11 is 0. The first-order valence-electron chi connectivity index (χ1n) is 7.19. The molecule has 4 rings (SSSR count). The van der Waals surface area contributed by atoms with Crippen molar-refractivity contribution in [2.75, 3.05) is 5.32 Å². The van der Waals surface area contributed by atoms with Crippen molar-refractivity contribution < 1.29 is 9.53 Å². The van der Waals surface area contributed by atoms with Crippen LogP contribution in [0.3, 0.4) is 0 Å². The van der Waals surface area contributed by atoms with Gasteiger partial charge in [-0.15, -0.1) is 0 Å². The third-order valence-electron chi connectivity index (χ3n) is 3.95. The van der Waals surface area contributed by atoms with Crippen LogP contribution in [0.15, 0.2) is 42.6 Å². The summed E-state index contributed by atoms with van der Waals surface area (Å²) in [6.45, 7) is 3.77. The van der Waals surface area contributed by atoms with Crippen LogP contribution in [-0.4, -0.2) is 21.4 Å². The molecule has 0 aliphatic carbocycles. The summed E-state index contributed by atoms with van der Waals surface area (Å²) in [6, 6.07) is 11.7. The van der Waals surface area contributed by atoms with Crippen LogP contribution < -0.4 is 10.1 Å². The molecule has 1 aliphatic rings. The smallest absolute Gasteiger partial charge is 0.265 e. The second-order valence-electron chi connectivity index (χ2n) is 5.43. The van der Waals surface area contributed by atoms with Crippen LogP contribution in [0, 0.1) is 6.92 Å². The molecule has 22 heavy (non-hydrogen) atoms. The zero-order valence-corrected chi connectivity index (χ0v) is 12.3. The van der Waals surface area contributed by atoms with Gasteiger partial charge in [0.05, 0.1) is 11.4 Å². The van der Waals surface area contributed by atoms with Crippen LogP contribution in [0.2, 0.25) is 0 Å². The van der Waals surface area contributed by atoms with Gasteiger partial charge < -0.3 is 14.5 Å². The number of aromatic nitrogens is 2. The number of ether oxygens (including phenoxy) is 1. The largest absolute Gasteiger partial charge is 0.479 e. The van der Waals surface area contributed by atoms with Gasteiger partial charge in [0.2, 0.25) is 0 Å². The number of hydrogen-bond acceptors (Lipinski definition) is 3. The molecular formula is C17H15N3O2. The van der Waals surface area contributed by atoms with Crippen LogP contribution in [0.4, 0.5) is 5.69 Å². The van der Waals surface area contributed by atoms with Gasteiger partial charge in [-0.25, -0.2) is 4.98 Å². The number of nitrogens with one attached hydrogen (secondary N) is 1. The van der Waals surface area contributed by atoms with Crippen molar-refractivity contribution in [2.45, 2.75) is 20.0 Å². The van der Waals surface area contributed by atoms with Crippen molar-refractivity contribution in [1.29, 1.82) is 0 Å². The van der Waals surface area contributed by atoms with E-state index in [1.54, 1.807) is 6.92 Å². The fraction of sp³-hybridized carbons (Fsp3) is 0.176. The molecule has 5 nitrogen and oxygen atoms in total. The number of fused-ring (bicyclic) bond motifs is 2. The summed E-state index contributed by atoms with van der Waals surface area (Å²) < 4.78 is 7.63. The maximum Gasteiger partial charge on any atom is 0.265 e. The van der Waals surface area contributed by atoms with Crippen molar-refractivity contribution in [1.82, 2.24) is 9.38 Å². The number of nitrogens with zero attached hydrogens (tertiary/aromatic N) is 2. The van der Waals surface area contributed by atoms with Crippen molar-refractivity contribution in [3.05, 3.63) is 48.3 Å². The fourth-order valence-corrected chi connectivity index (χ4v) is 2.75. The molecule has 1 unspecified atom stereocenters. The third kappa shape index (κ3) is 1.86. The van der Waals surface area contributed by atoms with Crippen molar-refractivity contribution in [2.24, 2.45) is 0 Å².